The molecule has 0 radical (unpaired) electrons. The third-order valence-electron chi connectivity index (χ3n) is 6.58. The van der Waals surface area contributed by atoms with Gasteiger partial charge in [0.1, 0.15) is 0 Å². The zero-order chi connectivity index (χ0) is 12.3. The van der Waals surface area contributed by atoms with E-state index >= 15 is 0 Å². The fraction of sp³-hybridized carbons (Fsp3) is 1.00. The van der Waals surface area contributed by atoms with Crippen LogP contribution in [0.1, 0.15) is 52.4 Å². The fourth-order valence-electron chi connectivity index (χ4n) is 5.77. The highest BCUT2D eigenvalue weighted by Crippen LogP contribution is 2.71. The van der Waals surface area contributed by atoms with Crippen molar-refractivity contribution in [1.29, 1.82) is 0 Å². The number of hydrogen-bond acceptors (Lipinski definition) is 2. The quantitative estimate of drug-likeness (QED) is 0.790. The summed E-state index contributed by atoms with van der Waals surface area (Å²) >= 11 is 0. The molecule has 2 N–H and O–H groups in total. The first kappa shape index (κ1) is 12.0. The van der Waals surface area contributed by atoms with Crippen molar-refractivity contribution in [2.24, 2.45) is 28.6 Å². The molecule has 4 rings (SSSR count). The Morgan fingerprint density at radius 1 is 1.24 bits per heavy atom. The van der Waals surface area contributed by atoms with E-state index in [9.17, 15) is 10.2 Å². The lowest BCUT2D eigenvalue weighted by Gasteiger charge is -2.50. The summed E-state index contributed by atoms with van der Waals surface area (Å²) in [5.41, 5.74) is -0.0128. The number of hydrogen-bond donors (Lipinski definition) is 2. The van der Waals surface area contributed by atoms with Crippen LogP contribution in [0.3, 0.4) is 0 Å². The molecule has 98 valence electrons. The van der Waals surface area contributed by atoms with Gasteiger partial charge in [-0.15, -0.1) is 0 Å². The molecule has 0 aromatic carbocycles. The molecular weight excluding hydrogens is 212 g/mol. The topological polar surface area (TPSA) is 40.5 Å². The predicted octanol–water partition coefficient (Wildman–Crippen LogP) is 2.58. The monoisotopic (exact) mass is 238 g/mol. The second kappa shape index (κ2) is 3.71. The molecule has 17 heavy (non-hydrogen) atoms. The van der Waals surface area contributed by atoms with Gasteiger partial charge in [-0.1, -0.05) is 13.8 Å². The first-order valence-electron chi connectivity index (χ1n) is 7.34. The third-order valence-corrected chi connectivity index (χ3v) is 6.58. The van der Waals surface area contributed by atoms with Crippen molar-refractivity contribution in [3.05, 3.63) is 0 Å². The van der Waals surface area contributed by atoms with E-state index in [0.717, 1.165) is 24.2 Å². The van der Waals surface area contributed by atoms with Gasteiger partial charge in [0.25, 0.3) is 0 Å². The van der Waals surface area contributed by atoms with Crippen LogP contribution in [0, 0.1) is 28.6 Å². The Hall–Kier alpha value is -0.0800. The van der Waals surface area contributed by atoms with Gasteiger partial charge in [0, 0.05) is 5.41 Å². The average molecular weight is 238 g/mol. The van der Waals surface area contributed by atoms with E-state index in [1.165, 1.54) is 32.1 Å². The lowest BCUT2D eigenvalue weighted by atomic mass is 9.56. The van der Waals surface area contributed by atoms with Gasteiger partial charge in [0.05, 0.1) is 12.7 Å². The van der Waals surface area contributed by atoms with Crippen LogP contribution in [0.25, 0.3) is 0 Å². The number of aliphatic hydroxyl groups excluding tert-OH is 2. The third kappa shape index (κ3) is 1.34. The van der Waals surface area contributed by atoms with E-state index in [-0.39, 0.29) is 23.5 Å². The summed E-state index contributed by atoms with van der Waals surface area (Å²) in [5, 5.41) is 20.4. The molecule has 2 heteroatoms. The lowest BCUT2D eigenvalue weighted by molar-refractivity contribution is -0.114. The van der Waals surface area contributed by atoms with Crippen molar-refractivity contribution in [2.75, 3.05) is 6.61 Å². The maximum Gasteiger partial charge on any atom is 0.0618 e. The van der Waals surface area contributed by atoms with E-state index in [2.05, 4.69) is 6.92 Å². The first-order chi connectivity index (χ1) is 8.05. The summed E-state index contributed by atoms with van der Waals surface area (Å²) in [6.07, 6.45) is 7.10. The first-order valence-corrected chi connectivity index (χ1v) is 7.34. The normalized spacial score (nSPS) is 48.4. The van der Waals surface area contributed by atoms with Gasteiger partial charge < -0.3 is 10.2 Å². The van der Waals surface area contributed by atoms with Crippen LogP contribution in [-0.2, 0) is 0 Å². The number of aliphatic hydroxyl groups is 2. The summed E-state index contributed by atoms with van der Waals surface area (Å²) in [6, 6.07) is 0. The Bertz CT molecular complexity index is 300. The summed E-state index contributed by atoms with van der Waals surface area (Å²) in [7, 11) is 0. The van der Waals surface area contributed by atoms with Crippen molar-refractivity contribution < 1.29 is 10.2 Å². The van der Waals surface area contributed by atoms with E-state index in [4.69, 9.17) is 0 Å². The van der Waals surface area contributed by atoms with Crippen molar-refractivity contribution in [2.45, 2.75) is 58.5 Å². The van der Waals surface area contributed by atoms with Crippen molar-refractivity contribution in [3.8, 4) is 0 Å². The SMILES string of the molecule is CCC(O)C(C)(CO)C12CC3CC(CC1C3)C2. The molecule has 0 saturated heterocycles. The molecule has 4 unspecified atom stereocenters. The highest BCUT2D eigenvalue weighted by atomic mass is 16.3. The smallest absolute Gasteiger partial charge is 0.0618 e. The second-order valence-electron chi connectivity index (χ2n) is 7.20. The summed E-state index contributed by atoms with van der Waals surface area (Å²) in [4.78, 5) is 0. The van der Waals surface area contributed by atoms with E-state index in [1.807, 2.05) is 6.92 Å². The van der Waals surface area contributed by atoms with Crippen molar-refractivity contribution in [1.82, 2.24) is 0 Å². The Morgan fingerprint density at radius 3 is 2.29 bits per heavy atom. The fourth-order valence-corrected chi connectivity index (χ4v) is 5.77. The molecule has 4 bridgehead atoms. The molecule has 0 aromatic rings. The van der Waals surface area contributed by atoms with Gasteiger partial charge in [-0.05, 0) is 61.7 Å². The molecular formula is C15H26O2. The summed E-state index contributed by atoms with van der Waals surface area (Å²) in [5.74, 6) is 2.56. The van der Waals surface area contributed by atoms with Gasteiger partial charge in [-0.2, -0.15) is 0 Å². The molecule has 4 saturated carbocycles. The highest BCUT2D eigenvalue weighted by Gasteiger charge is 2.65. The minimum atomic E-state index is -0.342. The highest BCUT2D eigenvalue weighted by molar-refractivity contribution is 5.14. The lowest BCUT2D eigenvalue weighted by Crippen LogP contribution is -2.51. The van der Waals surface area contributed by atoms with Crippen LogP contribution >= 0.6 is 0 Å². The van der Waals surface area contributed by atoms with Gasteiger partial charge in [0.15, 0.2) is 0 Å². The maximum absolute atomic E-state index is 10.4. The largest absolute Gasteiger partial charge is 0.396 e. The molecule has 0 aliphatic heterocycles. The predicted molar refractivity (Wildman–Crippen MR) is 67.5 cm³/mol. The van der Waals surface area contributed by atoms with Crippen LogP contribution in [0.5, 0.6) is 0 Å². The Balaban J connectivity index is 1.97. The summed E-state index contributed by atoms with van der Waals surface area (Å²) in [6.45, 7) is 4.33. The minimum absolute atomic E-state index is 0.151. The van der Waals surface area contributed by atoms with E-state index < -0.39 is 0 Å². The molecule has 2 nitrogen and oxygen atoms in total. The standard InChI is InChI=1S/C15H26O2/c1-3-13(17)14(2,9-16)15-7-10-4-11(8-15)6-12(15)5-10/h10-13,16-17H,3-9H2,1-2H3. The zero-order valence-corrected chi connectivity index (χ0v) is 11.2. The average Bonchev–Trinajstić information content (AvgIpc) is 2.73. The minimum Gasteiger partial charge on any atom is -0.396 e. The van der Waals surface area contributed by atoms with Crippen molar-refractivity contribution in [3.63, 3.8) is 0 Å². The van der Waals surface area contributed by atoms with Crippen LogP contribution in [0.2, 0.25) is 0 Å². The Labute approximate surface area is 104 Å². The Kier molecular flexibility index (Phi) is 2.61. The van der Waals surface area contributed by atoms with Crippen LogP contribution < -0.4 is 0 Å². The van der Waals surface area contributed by atoms with Crippen LogP contribution in [0.15, 0.2) is 0 Å². The van der Waals surface area contributed by atoms with Gasteiger partial charge in [0.2, 0.25) is 0 Å². The van der Waals surface area contributed by atoms with Gasteiger partial charge in [-0.3, -0.25) is 0 Å². The number of rotatable bonds is 4. The van der Waals surface area contributed by atoms with E-state index in [0.29, 0.717) is 0 Å². The second-order valence-corrected chi connectivity index (χ2v) is 7.20. The molecule has 4 atom stereocenters. The van der Waals surface area contributed by atoms with Crippen molar-refractivity contribution >= 4 is 0 Å². The summed E-state index contributed by atoms with van der Waals surface area (Å²) < 4.78 is 0. The molecule has 0 spiro atoms. The van der Waals surface area contributed by atoms with E-state index in [1.54, 1.807) is 0 Å². The van der Waals surface area contributed by atoms with Crippen LogP contribution in [-0.4, -0.2) is 22.9 Å². The molecule has 0 heterocycles. The zero-order valence-electron chi connectivity index (χ0n) is 11.2. The van der Waals surface area contributed by atoms with Crippen LogP contribution in [0.4, 0.5) is 0 Å². The molecule has 0 amide bonds. The van der Waals surface area contributed by atoms with Gasteiger partial charge >= 0.3 is 0 Å². The molecule has 4 fully saturated rings. The van der Waals surface area contributed by atoms with Gasteiger partial charge in [-0.25, -0.2) is 0 Å². The maximum atomic E-state index is 10.4. The molecule has 4 aliphatic carbocycles. The molecule has 0 aromatic heterocycles. The molecule has 4 aliphatic rings. The Morgan fingerprint density at radius 2 is 1.82 bits per heavy atom.